The van der Waals surface area contributed by atoms with Crippen LogP contribution in [0.15, 0.2) is 30.5 Å². The Morgan fingerprint density at radius 3 is 3.00 bits per heavy atom. The number of hydrogen-bond donors (Lipinski definition) is 2. The summed E-state index contributed by atoms with van der Waals surface area (Å²) in [5.41, 5.74) is 7.54. The van der Waals surface area contributed by atoms with Crippen LogP contribution in [0, 0.1) is 0 Å². The number of carbonyl (C=O) groups excluding carboxylic acids is 1. The number of rotatable bonds is 5. The van der Waals surface area contributed by atoms with E-state index < -0.39 is 0 Å². The van der Waals surface area contributed by atoms with Crippen LogP contribution in [0.1, 0.15) is 12.0 Å². The Hall–Kier alpha value is -1.81. The molecule has 0 bridgehead atoms. The van der Waals surface area contributed by atoms with Gasteiger partial charge in [-0.2, -0.15) is 0 Å². The van der Waals surface area contributed by atoms with Gasteiger partial charge in [0, 0.05) is 30.1 Å². The lowest BCUT2D eigenvalue weighted by Gasteiger charge is -2.03. The molecule has 0 saturated heterocycles. The Labute approximate surface area is 99.8 Å². The number of hydrogen-bond acceptors (Lipinski definition) is 3. The van der Waals surface area contributed by atoms with Gasteiger partial charge in [-0.25, -0.2) is 0 Å². The summed E-state index contributed by atoms with van der Waals surface area (Å²) in [6.07, 6.45) is 2.97. The van der Waals surface area contributed by atoms with Crippen LogP contribution in [0.2, 0.25) is 0 Å². The minimum Gasteiger partial charge on any atom is -0.465 e. The van der Waals surface area contributed by atoms with E-state index in [1.807, 2.05) is 24.4 Å². The van der Waals surface area contributed by atoms with Gasteiger partial charge in [0.2, 0.25) is 0 Å². The minimum absolute atomic E-state index is 0.229. The summed E-state index contributed by atoms with van der Waals surface area (Å²) >= 11 is 0. The highest BCUT2D eigenvalue weighted by Gasteiger charge is 2.04. The summed E-state index contributed by atoms with van der Waals surface area (Å²) in [5, 5.41) is 1.18. The minimum atomic E-state index is -0.229. The van der Waals surface area contributed by atoms with Crippen molar-refractivity contribution in [2.24, 2.45) is 5.73 Å². The predicted octanol–water partition coefficient (Wildman–Crippen LogP) is 1.60. The van der Waals surface area contributed by atoms with Gasteiger partial charge in [-0.15, -0.1) is 0 Å². The van der Waals surface area contributed by atoms with Crippen LogP contribution in [0.5, 0.6) is 0 Å². The average molecular weight is 232 g/mol. The summed E-state index contributed by atoms with van der Waals surface area (Å²) in [4.78, 5) is 14.3. The lowest BCUT2D eigenvalue weighted by molar-refractivity contribution is -0.143. The van der Waals surface area contributed by atoms with Crippen molar-refractivity contribution < 1.29 is 9.53 Å². The van der Waals surface area contributed by atoms with Crippen molar-refractivity contribution in [1.82, 2.24) is 4.98 Å². The van der Waals surface area contributed by atoms with Crippen molar-refractivity contribution in [2.75, 3.05) is 13.2 Å². The zero-order valence-electron chi connectivity index (χ0n) is 9.61. The summed E-state index contributed by atoms with van der Waals surface area (Å²) in [5.74, 6) is -0.229. The summed E-state index contributed by atoms with van der Waals surface area (Å²) in [7, 11) is 0. The number of nitrogens with one attached hydrogen (secondary N) is 1. The van der Waals surface area contributed by atoms with E-state index in [0.29, 0.717) is 13.2 Å². The molecule has 2 rings (SSSR count). The summed E-state index contributed by atoms with van der Waals surface area (Å²) in [6, 6.07) is 8.08. The van der Waals surface area contributed by atoms with E-state index in [-0.39, 0.29) is 12.4 Å². The van der Waals surface area contributed by atoms with Crippen molar-refractivity contribution in [1.29, 1.82) is 0 Å². The molecule has 0 saturated carbocycles. The first-order chi connectivity index (χ1) is 8.31. The van der Waals surface area contributed by atoms with Crippen molar-refractivity contribution in [3.63, 3.8) is 0 Å². The van der Waals surface area contributed by atoms with E-state index in [0.717, 1.165) is 11.9 Å². The second kappa shape index (κ2) is 5.50. The molecule has 0 unspecified atom stereocenters. The number of H-pyrrole nitrogens is 1. The van der Waals surface area contributed by atoms with E-state index in [2.05, 4.69) is 11.1 Å². The number of ether oxygens (including phenoxy) is 1. The number of aromatic nitrogens is 1. The maximum atomic E-state index is 11.1. The fourth-order valence-electron chi connectivity index (χ4n) is 1.80. The van der Waals surface area contributed by atoms with Gasteiger partial charge in [0.25, 0.3) is 0 Å². The van der Waals surface area contributed by atoms with E-state index in [1.54, 1.807) is 0 Å². The molecule has 90 valence electrons. The molecule has 0 amide bonds. The van der Waals surface area contributed by atoms with Gasteiger partial charge in [0.05, 0.1) is 13.0 Å². The third kappa shape index (κ3) is 2.85. The van der Waals surface area contributed by atoms with Crippen LogP contribution in [0.25, 0.3) is 10.9 Å². The maximum absolute atomic E-state index is 11.1. The van der Waals surface area contributed by atoms with Crippen LogP contribution in [0.3, 0.4) is 0 Å². The summed E-state index contributed by atoms with van der Waals surface area (Å²) < 4.78 is 5.07. The van der Waals surface area contributed by atoms with Gasteiger partial charge in [0.15, 0.2) is 0 Å². The standard InChI is InChI=1S/C13H16N2O2/c14-7-5-13(16)17-8-6-10-9-15-12-4-2-1-3-11(10)12/h1-4,9,15H,5-8,14H2. The van der Waals surface area contributed by atoms with E-state index in [4.69, 9.17) is 10.5 Å². The van der Waals surface area contributed by atoms with Gasteiger partial charge in [-0.05, 0) is 11.6 Å². The van der Waals surface area contributed by atoms with Gasteiger partial charge in [-0.3, -0.25) is 4.79 Å². The Bertz CT molecular complexity index is 505. The Morgan fingerprint density at radius 1 is 1.35 bits per heavy atom. The van der Waals surface area contributed by atoms with Gasteiger partial charge < -0.3 is 15.5 Å². The van der Waals surface area contributed by atoms with E-state index in [9.17, 15) is 4.79 Å². The molecule has 0 aliphatic carbocycles. The maximum Gasteiger partial charge on any atom is 0.307 e. The van der Waals surface area contributed by atoms with Crippen LogP contribution in [0.4, 0.5) is 0 Å². The lowest BCUT2D eigenvalue weighted by atomic mass is 10.1. The number of fused-ring (bicyclic) bond motifs is 1. The molecule has 0 radical (unpaired) electrons. The normalized spacial score (nSPS) is 10.6. The molecule has 0 atom stereocenters. The van der Waals surface area contributed by atoms with Crippen LogP contribution < -0.4 is 5.73 Å². The Balaban J connectivity index is 1.93. The number of para-hydroxylation sites is 1. The second-order valence-corrected chi connectivity index (χ2v) is 3.87. The number of nitrogens with two attached hydrogens (primary N) is 1. The topological polar surface area (TPSA) is 68.1 Å². The quantitative estimate of drug-likeness (QED) is 0.769. The molecule has 17 heavy (non-hydrogen) atoms. The number of benzene rings is 1. The first kappa shape index (κ1) is 11.7. The molecule has 1 heterocycles. The van der Waals surface area contributed by atoms with Gasteiger partial charge >= 0.3 is 5.97 Å². The molecular weight excluding hydrogens is 216 g/mol. The highest BCUT2D eigenvalue weighted by atomic mass is 16.5. The third-order valence-corrected chi connectivity index (χ3v) is 2.66. The fraction of sp³-hybridized carbons (Fsp3) is 0.308. The van der Waals surface area contributed by atoms with Crippen LogP contribution >= 0.6 is 0 Å². The molecule has 4 nitrogen and oxygen atoms in total. The lowest BCUT2D eigenvalue weighted by Crippen LogP contribution is -2.12. The molecule has 3 N–H and O–H groups in total. The average Bonchev–Trinajstić information content (AvgIpc) is 2.73. The second-order valence-electron chi connectivity index (χ2n) is 3.87. The Morgan fingerprint density at radius 2 is 2.18 bits per heavy atom. The molecule has 2 aromatic rings. The van der Waals surface area contributed by atoms with Crippen molar-refractivity contribution in [3.8, 4) is 0 Å². The Kier molecular flexibility index (Phi) is 3.77. The highest BCUT2D eigenvalue weighted by molar-refractivity contribution is 5.83. The third-order valence-electron chi connectivity index (χ3n) is 2.66. The molecular formula is C13H16N2O2. The predicted molar refractivity (Wildman–Crippen MR) is 66.6 cm³/mol. The monoisotopic (exact) mass is 232 g/mol. The zero-order valence-corrected chi connectivity index (χ0v) is 9.61. The molecule has 1 aromatic carbocycles. The molecule has 0 fully saturated rings. The smallest absolute Gasteiger partial charge is 0.307 e. The molecule has 0 aliphatic rings. The van der Waals surface area contributed by atoms with Crippen molar-refractivity contribution >= 4 is 16.9 Å². The number of esters is 1. The van der Waals surface area contributed by atoms with E-state index in [1.165, 1.54) is 10.9 Å². The SMILES string of the molecule is NCCC(=O)OCCc1c[nH]c2ccccc12. The molecule has 4 heteroatoms. The van der Waals surface area contributed by atoms with Gasteiger partial charge in [-0.1, -0.05) is 18.2 Å². The number of carbonyl (C=O) groups is 1. The molecule has 0 aliphatic heterocycles. The van der Waals surface area contributed by atoms with Gasteiger partial charge in [0.1, 0.15) is 0 Å². The van der Waals surface area contributed by atoms with Crippen LogP contribution in [-0.2, 0) is 16.0 Å². The van der Waals surface area contributed by atoms with Crippen molar-refractivity contribution in [3.05, 3.63) is 36.0 Å². The zero-order chi connectivity index (χ0) is 12.1. The van der Waals surface area contributed by atoms with E-state index >= 15 is 0 Å². The molecule has 0 spiro atoms. The molecule has 1 aromatic heterocycles. The first-order valence-electron chi connectivity index (χ1n) is 5.72. The van der Waals surface area contributed by atoms with Crippen molar-refractivity contribution in [2.45, 2.75) is 12.8 Å². The number of aromatic amines is 1. The summed E-state index contributed by atoms with van der Waals surface area (Å²) in [6.45, 7) is 0.743. The largest absolute Gasteiger partial charge is 0.465 e. The highest BCUT2D eigenvalue weighted by Crippen LogP contribution is 2.17. The first-order valence-corrected chi connectivity index (χ1v) is 5.72. The fourth-order valence-corrected chi connectivity index (χ4v) is 1.80. The van der Waals surface area contributed by atoms with Crippen LogP contribution in [-0.4, -0.2) is 24.1 Å².